The van der Waals surface area contributed by atoms with E-state index in [0.717, 1.165) is 28.7 Å². The highest BCUT2D eigenvalue weighted by molar-refractivity contribution is 5.83. The number of anilines is 2. The summed E-state index contributed by atoms with van der Waals surface area (Å²) in [6, 6.07) is 15.9. The van der Waals surface area contributed by atoms with Gasteiger partial charge in [0.2, 0.25) is 0 Å². The van der Waals surface area contributed by atoms with Crippen LogP contribution in [-0.2, 0) is 0 Å². The molecule has 2 aromatic heterocycles. The van der Waals surface area contributed by atoms with Crippen molar-refractivity contribution >= 4 is 22.4 Å². The lowest BCUT2D eigenvalue weighted by Crippen LogP contribution is -1.97. The van der Waals surface area contributed by atoms with Crippen LogP contribution in [0.1, 0.15) is 5.69 Å². The molecular weight excluding hydrogens is 350 g/mol. The van der Waals surface area contributed by atoms with Crippen molar-refractivity contribution in [1.29, 1.82) is 5.26 Å². The average Bonchev–Trinajstić information content (AvgIpc) is 3.12. The number of aromatic nitrogens is 2. The minimum absolute atomic E-state index is 0.114. The maximum absolute atomic E-state index is 13.4. The largest absolute Gasteiger partial charge is 0.457 e. The standard InChI is InChI=1S/C20H12F2N4O/c21-17-4-3-15(9-18(17)22)27-16-7-14(11-23)26-20(10-16)25-13-2-1-12-5-6-24-19(12)8-13/h1-10,24H,(H,25,26). The van der Waals surface area contributed by atoms with Crippen molar-refractivity contribution in [3.63, 3.8) is 0 Å². The van der Waals surface area contributed by atoms with Gasteiger partial charge in [0.05, 0.1) is 0 Å². The number of fused-ring (bicyclic) bond motifs is 1. The summed E-state index contributed by atoms with van der Waals surface area (Å²) in [6.45, 7) is 0. The Morgan fingerprint density at radius 1 is 0.963 bits per heavy atom. The third kappa shape index (κ3) is 3.55. The number of nitrogens with zero attached hydrogens (tertiary/aromatic N) is 2. The summed E-state index contributed by atoms with van der Waals surface area (Å²) in [5.41, 5.74) is 1.85. The van der Waals surface area contributed by atoms with Gasteiger partial charge in [-0.3, -0.25) is 0 Å². The zero-order valence-corrected chi connectivity index (χ0v) is 13.8. The number of benzene rings is 2. The Morgan fingerprint density at radius 2 is 1.85 bits per heavy atom. The fourth-order valence-electron chi connectivity index (χ4n) is 2.64. The van der Waals surface area contributed by atoms with Crippen molar-refractivity contribution in [2.24, 2.45) is 0 Å². The van der Waals surface area contributed by atoms with Crippen LogP contribution in [0.2, 0.25) is 0 Å². The smallest absolute Gasteiger partial charge is 0.162 e. The molecule has 0 aliphatic carbocycles. The summed E-state index contributed by atoms with van der Waals surface area (Å²) in [5.74, 6) is -1.20. The second kappa shape index (κ2) is 6.77. The number of aromatic amines is 1. The summed E-state index contributed by atoms with van der Waals surface area (Å²) in [6.07, 6.45) is 1.84. The molecule has 4 aromatic rings. The number of ether oxygens (including phenoxy) is 1. The van der Waals surface area contributed by atoms with E-state index >= 15 is 0 Å². The fraction of sp³-hybridized carbons (Fsp3) is 0. The Labute approximate surface area is 152 Å². The van der Waals surface area contributed by atoms with Crippen LogP contribution < -0.4 is 10.1 Å². The van der Waals surface area contributed by atoms with Crippen LogP contribution in [0.5, 0.6) is 11.5 Å². The molecule has 0 aliphatic heterocycles. The lowest BCUT2D eigenvalue weighted by molar-refractivity contribution is 0.461. The predicted octanol–water partition coefficient (Wildman–Crippen LogP) is 5.25. The molecule has 0 radical (unpaired) electrons. The third-order valence-electron chi connectivity index (χ3n) is 3.87. The summed E-state index contributed by atoms with van der Waals surface area (Å²) >= 11 is 0. The summed E-state index contributed by atoms with van der Waals surface area (Å²) < 4.78 is 32.0. The van der Waals surface area contributed by atoms with Crippen LogP contribution in [0.25, 0.3) is 10.9 Å². The molecule has 0 saturated carbocycles. The van der Waals surface area contributed by atoms with E-state index < -0.39 is 11.6 Å². The Hall–Kier alpha value is -3.92. The van der Waals surface area contributed by atoms with E-state index in [1.165, 1.54) is 12.1 Å². The normalized spacial score (nSPS) is 10.6. The van der Waals surface area contributed by atoms with E-state index in [1.54, 1.807) is 6.07 Å². The lowest BCUT2D eigenvalue weighted by atomic mass is 10.2. The van der Waals surface area contributed by atoms with Crippen molar-refractivity contribution in [2.75, 3.05) is 5.32 Å². The van der Waals surface area contributed by atoms with Gasteiger partial charge in [0.15, 0.2) is 11.6 Å². The number of hydrogen-bond acceptors (Lipinski definition) is 4. The third-order valence-corrected chi connectivity index (χ3v) is 3.87. The van der Waals surface area contributed by atoms with Crippen LogP contribution in [0, 0.1) is 23.0 Å². The number of halogens is 2. The quantitative estimate of drug-likeness (QED) is 0.520. The molecule has 132 valence electrons. The van der Waals surface area contributed by atoms with E-state index in [-0.39, 0.29) is 17.2 Å². The van der Waals surface area contributed by atoms with Crippen molar-refractivity contribution in [2.45, 2.75) is 0 Å². The van der Waals surface area contributed by atoms with Crippen LogP contribution in [0.3, 0.4) is 0 Å². The van der Waals surface area contributed by atoms with Crippen molar-refractivity contribution in [3.8, 4) is 17.6 Å². The second-order valence-corrected chi connectivity index (χ2v) is 5.77. The summed E-state index contributed by atoms with van der Waals surface area (Å²) in [4.78, 5) is 7.31. The maximum Gasteiger partial charge on any atom is 0.162 e. The molecule has 27 heavy (non-hydrogen) atoms. The molecule has 0 spiro atoms. The maximum atomic E-state index is 13.4. The first kappa shape index (κ1) is 16.5. The van der Waals surface area contributed by atoms with Crippen LogP contribution >= 0.6 is 0 Å². The molecule has 4 rings (SSSR count). The predicted molar refractivity (Wildman–Crippen MR) is 97.0 cm³/mol. The van der Waals surface area contributed by atoms with Crippen molar-refractivity contribution < 1.29 is 13.5 Å². The summed E-state index contributed by atoms with van der Waals surface area (Å²) in [5, 5.41) is 13.4. The van der Waals surface area contributed by atoms with E-state index in [2.05, 4.69) is 15.3 Å². The second-order valence-electron chi connectivity index (χ2n) is 5.77. The molecule has 0 saturated heterocycles. The van der Waals surface area contributed by atoms with Crippen LogP contribution in [-0.4, -0.2) is 9.97 Å². The summed E-state index contributed by atoms with van der Waals surface area (Å²) in [7, 11) is 0. The van der Waals surface area contributed by atoms with Gasteiger partial charge in [-0.1, -0.05) is 6.07 Å². The van der Waals surface area contributed by atoms with Gasteiger partial charge < -0.3 is 15.0 Å². The van der Waals surface area contributed by atoms with Gasteiger partial charge in [-0.2, -0.15) is 5.26 Å². The van der Waals surface area contributed by atoms with E-state index in [1.807, 2.05) is 36.5 Å². The number of H-pyrrole nitrogens is 1. The Bertz CT molecular complexity index is 1180. The molecule has 0 amide bonds. The van der Waals surface area contributed by atoms with Crippen LogP contribution in [0.4, 0.5) is 20.3 Å². The number of pyridine rings is 1. The van der Waals surface area contributed by atoms with Gasteiger partial charge in [0.1, 0.15) is 29.1 Å². The number of hydrogen-bond donors (Lipinski definition) is 2. The molecule has 7 heteroatoms. The van der Waals surface area contributed by atoms with E-state index in [4.69, 9.17) is 4.74 Å². The van der Waals surface area contributed by atoms with Crippen LogP contribution in [0.15, 0.2) is 60.8 Å². The van der Waals surface area contributed by atoms with Gasteiger partial charge in [-0.15, -0.1) is 0 Å². The number of nitriles is 1. The SMILES string of the molecule is N#Cc1cc(Oc2ccc(F)c(F)c2)cc(Nc2ccc3cc[nH]c3c2)n1. The van der Waals surface area contributed by atoms with E-state index in [9.17, 15) is 14.0 Å². The molecule has 5 nitrogen and oxygen atoms in total. The first-order chi connectivity index (χ1) is 13.1. The number of nitrogens with one attached hydrogen (secondary N) is 2. The zero-order chi connectivity index (χ0) is 18.8. The minimum Gasteiger partial charge on any atom is -0.457 e. The monoisotopic (exact) mass is 362 g/mol. The Morgan fingerprint density at radius 3 is 2.67 bits per heavy atom. The minimum atomic E-state index is -1.01. The van der Waals surface area contributed by atoms with Gasteiger partial charge in [0, 0.05) is 35.6 Å². The van der Waals surface area contributed by atoms with Crippen molar-refractivity contribution in [3.05, 3.63) is 78.1 Å². The number of rotatable bonds is 4. The molecule has 2 heterocycles. The van der Waals surface area contributed by atoms with Gasteiger partial charge in [-0.05, 0) is 35.7 Å². The topological polar surface area (TPSA) is 73.7 Å². The molecular formula is C20H12F2N4O. The lowest BCUT2D eigenvalue weighted by Gasteiger charge is -2.10. The first-order valence-corrected chi connectivity index (χ1v) is 8.00. The molecule has 2 aromatic carbocycles. The highest BCUT2D eigenvalue weighted by Gasteiger charge is 2.08. The molecule has 2 N–H and O–H groups in total. The molecule has 0 unspecified atom stereocenters. The Kier molecular flexibility index (Phi) is 4.15. The molecule has 0 atom stereocenters. The van der Waals surface area contributed by atoms with Crippen molar-refractivity contribution in [1.82, 2.24) is 9.97 Å². The zero-order valence-electron chi connectivity index (χ0n) is 13.8. The van der Waals surface area contributed by atoms with Gasteiger partial charge in [0.25, 0.3) is 0 Å². The van der Waals surface area contributed by atoms with Gasteiger partial charge >= 0.3 is 0 Å². The highest BCUT2D eigenvalue weighted by Crippen LogP contribution is 2.27. The Balaban J connectivity index is 1.63. The van der Waals surface area contributed by atoms with Gasteiger partial charge in [-0.25, -0.2) is 13.8 Å². The average molecular weight is 362 g/mol. The van der Waals surface area contributed by atoms with E-state index in [0.29, 0.717) is 5.82 Å². The fourth-order valence-corrected chi connectivity index (χ4v) is 2.64. The first-order valence-electron chi connectivity index (χ1n) is 8.00. The molecule has 0 fully saturated rings. The molecule has 0 aliphatic rings. The molecule has 0 bridgehead atoms. The highest BCUT2D eigenvalue weighted by atomic mass is 19.2.